The molecular formula is C18H21N3. The van der Waals surface area contributed by atoms with Gasteiger partial charge in [-0.2, -0.15) is 0 Å². The van der Waals surface area contributed by atoms with Crippen molar-refractivity contribution < 1.29 is 0 Å². The molecule has 0 bridgehead atoms. The van der Waals surface area contributed by atoms with Crippen LogP contribution < -0.4 is 10.2 Å². The van der Waals surface area contributed by atoms with Crippen molar-refractivity contribution in [3.63, 3.8) is 0 Å². The number of anilines is 2. The Hall–Kier alpha value is -2.42. The third-order valence-electron chi connectivity index (χ3n) is 3.83. The Labute approximate surface area is 125 Å². The molecule has 0 amide bonds. The standard InChI is InChI=1S/C18H21N3/c1-13-10-16(21(2)3)5-7-17(13)20-12-14-4-6-18-15(11-14)8-9-19-18/h4-11,19-20H,12H2,1-3H3. The SMILES string of the molecule is Cc1cc(N(C)C)ccc1NCc1ccc2[nH]ccc2c1. The highest BCUT2D eigenvalue weighted by Gasteiger charge is 2.02. The van der Waals surface area contributed by atoms with Gasteiger partial charge in [0.15, 0.2) is 0 Å². The van der Waals surface area contributed by atoms with Gasteiger partial charge < -0.3 is 15.2 Å². The van der Waals surface area contributed by atoms with Crippen LogP contribution in [0.5, 0.6) is 0 Å². The summed E-state index contributed by atoms with van der Waals surface area (Å²) in [6, 6.07) is 15.1. The fourth-order valence-electron chi connectivity index (χ4n) is 2.53. The van der Waals surface area contributed by atoms with Crippen LogP contribution in [0, 0.1) is 6.92 Å². The smallest absolute Gasteiger partial charge is 0.0454 e. The molecule has 21 heavy (non-hydrogen) atoms. The van der Waals surface area contributed by atoms with E-state index in [2.05, 4.69) is 78.7 Å². The van der Waals surface area contributed by atoms with Gasteiger partial charge in [0.2, 0.25) is 0 Å². The molecule has 3 aromatic rings. The number of nitrogens with zero attached hydrogens (tertiary/aromatic N) is 1. The van der Waals surface area contributed by atoms with Gasteiger partial charge in [0.05, 0.1) is 0 Å². The van der Waals surface area contributed by atoms with Gasteiger partial charge in [-0.15, -0.1) is 0 Å². The molecule has 0 saturated carbocycles. The van der Waals surface area contributed by atoms with Crippen molar-refractivity contribution in [3.05, 3.63) is 59.8 Å². The molecule has 0 spiro atoms. The predicted octanol–water partition coefficient (Wildman–Crippen LogP) is 4.15. The van der Waals surface area contributed by atoms with Gasteiger partial charge in [-0.3, -0.25) is 0 Å². The van der Waals surface area contributed by atoms with Crippen molar-refractivity contribution in [1.82, 2.24) is 4.98 Å². The number of aromatic nitrogens is 1. The summed E-state index contributed by atoms with van der Waals surface area (Å²) in [5, 5.41) is 4.78. The van der Waals surface area contributed by atoms with Crippen LogP contribution in [-0.2, 0) is 6.54 Å². The molecule has 108 valence electrons. The summed E-state index contributed by atoms with van der Waals surface area (Å²) in [6.07, 6.45) is 1.98. The van der Waals surface area contributed by atoms with Crippen molar-refractivity contribution in [3.8, 4) is 0 Å². The monoisotopic (exact) mass is 279 g/mol. The van der Waals surface area contributed by atoms with Crippen LogP contribution in [0.3, 0.4) is 0 Å². The number of benzene rings is 2. The van der Waals surface area contributed by atoms with Gasteiger partial charge in [0, 0.05) is 43.7 Å². The summed E-state index contributed by atoms with van der Waals surface area (Å²) >= 11 is 0. The van der Waals surface area contributed by atoms with E-state index in [4.69, 9.17) is 0 Å². The predicted molar refractivity (Wildman–Crippen MR) is 91.1 cm³/mol. The summed E-state index contributed by atoms with van der Waals surface area (Å²) in [5.41, 5.74) is 6.16. The maximum Gasteiger partial charge on any atom is 0.0454 e. The van der Waals surface area contributed by atoms with Crippen LogP contribution in [0.1, 0.15) is 11.1 Å². The molecule has 1 heterocycles. The molecule has 0 unspecified atom stereocenters. The van der Waals surface area contributed by atoms with Crippen molar-refractivity contribution in [2.24, 2.45) is 0 Å². The first-order chi connectivity index (χ1) is 10.1. The fraction of sp³-hybridized carbons (Fsp3) is 0.222. The normalized spacial score (nSPS) is 10.8. The molecular weight excluding hydrogens is 258 g/mol. The van der Waals surface area contributed by atoms with Gasteiger partial charge in [-0.1, -0.05) is 6.07 Å². The summed E-state index contributed by atoms with van der Waals surface area (Å²) in [7, 11) is 4.13. The van der Waals surface area contributed by atoms with E-state index in [1.807, 2.05) is 6.20 Å². The first-order valence-electron chi connectivity index (χ1n) is 7.21. The zero-order valence-corrected chi connectivity index (χ0v) is 12.8. The molecule has 3 nitrogen and oxygen atoms in total. The number of hydrogen-bond acceptors (Lipinski definition) is 2. The van der Waals surface area contributed by atoms with E-state index >= 15 is 0 Å². The minimum absolute atomic E-state index is 0.837. The minimum atomic E-state index is 0.837. The topological polar surface area (TPSA) is 31.1 Å². The van der Waals surface area contributed by atoms with E-state index in [1.165, 1.54) is 33.4 Å². The fourth-order valence-corrected chi connectivity index (χ4v) is 2.53. The second-order valence-electron chi connectivity index (χ2n) is 5.65. The molecule has 0 atom stereocenters. The largest absolute Gasteiger partial charge is 0.381 e. The Morgan fingerprint density at radius 1 is 1.05 bits per heavy atom. The van der Waals surface area contributed by atoms with E-state index in [-0.39, 0.29) is 0 Å². The third-order valence-corrected chi connectivity index (χ3v) is 3.83. The van der Waals surface area contributed by atoms with Crippen LogP contribution in [0.4, 0.5) is 11.4 Å². The third kappa shape index (κ3) is 2.87. The van der Waals surface area contributed by atoms with E-state index in [1.54, 1.807) is 0 Å². The van der Waals surface area contributed by atoms with Gasteiger partial charge in [-0.05, 0) is 59.8 Å². The average Bonchev–Trinajstić information content (AvgIpc) is 2.93. The highest BCUT2D eigenvalue weighted by Crippen LogP contribution is 2.22. The molecule has 0 fully saturated rings. The quantitative estimate of drug-likeness (QED) is 0.751. The van der Waals surface area contributed by atoms with E-state index < -0.39 is 0 Å². The van der Waals surface area contributed by atoms with Crippen LogP contribution in [-0.4, -0.2) is 19.1 Å². The summed E-state index contributed by atoms with van der Waals surface area (Å²) in [5.74, 6) is 0. The number of rotatable bonds is 4. The number of H-pyrrole nitrogens is 1. The molecule has 1 aromatic heterocycles. The van der Waals surface area contributed by atoms with E-state index in [0.717, 1.165) is 6.54 Å². The number of aromatic amines is 1. The van der Waals surface area contributed by atoms with Crippen LogP contribution in [0.15, 0.2) is 48.7 Å². The Kier molecular flexibility index (Phi) is 3.57. The van der Waals surface area contributed by atoms with E-state index in [0.29, 0.717) is 0 Å². The zero-order valence-electron chi connectivity index (χ0n) is 12.8. The second kappa shape index (κ2) is 5.52. The van der Waals surface area contributed by atoms with Crippen molar-refractivity contribution >= 4 is 22.3 Å². The molecule has 2 N–H and O–H groups in total. The van der Waals surface area contributed by atoms with Crippen LogP contribution in [0.25, 0.3) is 10.9 Å². The molecule has 0 aliphatic heterocycles. The lowest BCUT2D eigenvalue weighted by Crippen LogP contribution is -2.09. The second-order valence-corrected chi connectivity index (χ2v) is 5.65. The lowest BCUT2D eigenvalue weighted by molar-refractivity contribution is 1.11. The highest BCUT2D eigenvalue weighted by molar-refractivity contribution is 5.80. The summed E-state index contributed by atoms with van der Waals surface area (Å²) < 4.78 is 0. The average molecular weight is 279 g/mol. The first kappa shape index (κ1) is 13.6. The Morgan fingerprint density at radius 3 is 2.67 bits per heavy atom. The Morgan fingerprint density at radius 2 is 1.90 bits per heavy atom. The van der Waals surface area contributed by atoms with Gasteiger partial charge >= 0.3 is 0 Å². The van der Waals surface area contributed by atoms with E-state index in [9.17, 15) is 0 Å². The number of aryl methyl sites for hydroxylation is 1. The molecule has 0 radical (unpaired) electrons. The summed E-state index contributed by atoms with van der Waals surface area (Å²) in [4.78, 5) is 5.34. The van der Waals surface area contributed by atoms with Crippen LogP contribution >= 0.6 is 0 Å². The Bertz CT molecular complexity index is 756. The number of nitrogens with one attached hydrogen (secondary N) is 2. The lowest BCUT2D eigenvalue weighted by atomic mass is 10.1. The van der Waals surface area contributed by atoms with Crippen molar-refractivity contribution in [2.45, 2.75) is 13.5 Å². The lowest BCUT2D eigenvalue weighted by Gasteiger charge is -2.16. The highest BCUT2D eigenvalue weighted by atomic mass is 15.1. The number of fused-ring (bicyclic) bond motifs is 1. The zero-order chi connectivity index (χ0) is 14.8. The summed E-state index contributed by atoms with van der Waals surface area (Å²) in [6.45, 7) is 2.98. The molecule has 2 aromatic carbocycles. The maximum atomic E-state index is 3.52. The van der Waals surface area contributed by atoms with Crippen LogP contribution in [0.2, 0.25) is 0 Å². The molecule has 0 aliphatic rings. The molecule has 0 saturated heterocycles. The van der Waals surface area contributed by atoms with Crippen molar-refractivity contribution in [1.29, 1.82) is 0 Å². The molecule has 3 rings (SSSR count). The number of hydrogen-bond donors (Lipinski definition) is 2. The van der Waals surface area contributed by atoms with Crippen molar-refractivity contribution in [2.75, 3.05) is 24.3 Å². The minimum Gasteiger partial charge on any atom is -0.381 e. The molecule has 3 heteroatoms. The maximum absolute atomic E-state index is 3.52. The Balaban J connectivity index is 1.74. The first-order valence-corrected chi connectivity index (χ1v) is 7.21. The van der Waals surface area contributed by atoms with Gasteiger partial charge in [-0.25, -0.2) is 0 Å². The van der Waals surface area contributed by atoms with Gasteiger partial charge in [0.1, 0.15) is 0 Å². The molecule has 0 aliphatic carbocycles. The van der Waals surface area contributed by atoms with Gasteiger partial charge in [0.25, 0.3) is 0 Å².